The van der Waals surface area contributed by atoms with Crippen LogP contribution in [0.1, 0.15) is 16.8 Å². The molecule has 0 saturated carbocycles. The Balaban J connectivity index is 2.68. The first-order chi connectivity index (χ1) is 9.12. The molecule has 0 saturated heterocycles. The fourth-order valence-corrected chi connectivity index (χ4v) is 2.05. The van der Waals surface area contributed by atoms with Crippen molar-refractivity contribution in [2.24, 2.45) is 0 Å². The normalized spacial score (nSPS) is 10.1. The van der Waals surface area contributed by atoms with E-state index >= 15 is 0 Å². The van der Waals surface area contributed by atoms with E-state index in [1.165, 1.54) is 0 Å². The summed E-state index contributed by atoms with van der Waals surface area (Å²) in [6, 6.07) is 5.57. The van der Waals surface area contributed by atoms with Crippen molar-refractivity contribution in [3.8, 4) is 28.8 Å². The summed E-state index contributed by atoms with van der Waals surface area (Å²) in [5.74, 6) is 1.54. The van der Waals surface area contributed by atoms with Gasteiger partial charge in [-0.3, -0.25) is 5.10 Å². The van der Waals surface area contributed by atoms with Crippen LogP contribution in [-0.4, -0.2) is 24.4 Å². The lowest BCUT2D eigenvalue weighted by Crippen LogP contribution is -1.97. The Labute approximate surface area is 111 Å². The van der Waals surface area contributed by atoms with E-state index in [1.54, 1.807) is 20.3 Å². The van der Waals surface area contributed by atoms with E-state index < -0.39 is 0 Å². The van der Waals surface area contributed by atoms with Crippen molar-refractivity contribution < 1.29 is 9.47 Å². The first-order valence-electron chi connectivity index (χ1n) is 5.80. The molecule has 0 unspecified atom stereocenters. The summed E-state index contributed by atoms with van der Waals surface area (Å²) in [4.78, 5) is 0. The third-order valence-electron chi connectivity index (χ3n) is 3.20. The number of aromatic nitrogens is 2. The van der Waals surface area contributed by atoms with Crippen LogP contribution < -0.4 is 9.47 Å². The highest BCUT2D eigenvalue weighted by atomic mass is 16.5. The predicted molar refractivity (Wildman–Crippen MR) is 71.3 cm³/mol. The lowest BCUT2D eigenvalue weighted by molar-refractivity contribution is 0.399. The molecule has 0 aliphatic rings. The molecule has 0 radical (unpaired) electrons. The summed E-state index contributed by atoms with van der Waals surface area (Å²) in [5.41, 5.74) is 3.94. The Bertz CT molecular complexity index is 653. The van der Waals surface area contributed by atoms with Crippen molar-refractivity contribution in [2.45, 2.75) is 13.8 Å². The predicted octanol–water partition coefficient (Wildman–Crippen LogP) is 2.58. The molecule has 0 spiro atoms. The van der Waals surface area contributed by atoms with Crippen LogP contribution in [0.15, 0.2) is 12.1 Å². The van der Waals surface area contributed by atoms with Gasteiger partial charge < -0.3 is 9.47 Å². The molecule has 2 rings (SSSR count). The summed E-state index contributed by atoms with van der Waals surface area (Å²) in [7, 11) is 3.25. The molecule has 0 atom stereocenters. The average Bonchev–Trinajstić information content (AvgIpc) is 2.90. The Kier molecular flexibility index (Phi) is 3.43. The number of methoxy groups -OCH3 is 2. The molecule has 0 amide bonds. The van der Waals surface area contributed by atoms with E-state index in [9.17, 15) is 0 Å². The minimum atomic E-state index is 0.342. The zero-order valence-electron chi connectivity index (χ0n) is 11.4. The fraction of sp³-hybridized carbons (Fsp3) is 0.286. The molecule has 0 bridgehead atoms. The van der Waals surface area contributed by atoms with Crippen LogP contribution >= 0.6 is 0 Å². The fourth-order valence-electron chi connectivity index (χ4n) is 2.05. The minimum Gasteiger partial charge on any atom is -0.496 e. The van der Waals surface area contributed by atoms with Crippen molar-refractivity contribution in [1.29, 1.82) is 5.26 Å². The van der Waals surface area contributed by atoms with Gasteiger partial charge in [-0.2, -0.15) is 10.4 Å². The first kappa shape index (κ1) is 13.0. The van der Waals surface area contributed by atoms with Gasteiger partial charge in [0, 0.05) is 11.6 Å². The maximum atomic E-state index is 8.84. The smallest absolute Gasteiger partial charge is 0.162 e. The molecule has 19 heavy (non-hydrogen) atoms. The van der Waals surface area contributed by atoms with Crippen LogP contribution in [0.25, 0.3) is 11.3 Å². The molecule has 1 N–H and O–H groups in total. The number of hydrogen-bond donors (Lipinski definition) is 1. The van der Waals surface area contributed by atoms with Crippen molar-refractivity contribution in [3.63, 3.8) is 0 Å². The van der Waals surface area contributed by atoms with Gasteiger partial charge in [-0.1, -0.05) is 0 Å². The quantitative estimate of drug-likeness (QED) is 0.917. The molecule has 1 aromatic heterocycles. The van der Waals surface area contributed by atoms with E-state index in [-0.39, 0.29) is 0 Å². The Morgan fingerprint density at radius 1 is 1.16 bits per heavy atom. The molecule has 1 aromatic carbocycles. The number of rotatable bonds is 3. The maximum absolute atomic E-state index is 8.84. The Hall–Kier alpha value is -2.48. The van der Waals surface area contributed by atoms with Crippen molar-refractivity contribution in [2.75, 3.05) is 14.2 Å². The van der Waals surface area contributed by atoms with Crippen molar-refractivity contribution in [3.05, 3.63) is 29.0 Å². The summed E-state index contributed by atoms with van der Waals surface area (Å²) in [5, 5.41) is 15.6. The summed E-state index contributed by atoms with van der Waals surface area (Å²) >= 11 is 0. The van der Waals surface area contributed by atoms with Crippen LogP contribution in [0.5, 0.6) is 11.5 Å². The SMILES string of the molecule is COc1cc(-c2cc(C#N)n[nH]2)c(OC)c(C)c1C. The van der Waals surface area contributed by atoms with Crippen LogP contribution in [0.2, 0.25) is 0 Å². The number of nitrogens with one attached hydrogen (secondary N) is 1. The van der Waals surface area contributed by atoms with Gasteiger partial charge in [0.25, 0.3) is 0 Å². The highest BCUT2D eigenvalue weighted by Crippen LogP contribution is 2.38. The first-order valence-corrected chi connectivity index (χ1v) is 5.80. The van der Waals surface area contributed by atoms with E-state index in [4.69, 9.17) is 14.7 Å². The lowest BCUT2D eigenvalue weighted by atomic mass is 10.0. The number of ether oxygens (including phenoxy) is 2. The molecule has 98 valence electrons. The van der Waals surface area contributed by atoms with E-state index in [0.29, 0.717) is 5.69 Å². The molecular formula is C14H15N3O2. The average molecular weight is 257 g/mol. The Morgan fingerprint density at radius 3 is 2.42 bits per heavy atom. The van der Waals surface area contributed by atoms with Gasteiger partial charge in [-0.25, -0.2) is 0 Å². The topological polar surface area (TPSA) is 70.9 Å². The molecule has 1 heterocycles. The minimum absolute atomic E-state index is 0.342. The number of benzene rings is 1. The van der Waals surface area contributed by atoms with Gasteiger partial charge in [0.05, 0.1) is 19.9 Å². The van der Waals surface area contributed by atoms with Gasteiger partial charge in [0.1, 0.15) is 17.6 Å². The molecule has 5 nitrogen and oxygen atoms in total. The van der Waals surface area contributed by atoms with Crippen molar-refractivity contribution >= 4 is 0 Å². The number of aromatic amines is 1. The van der Waals surface area contributed by atoms with Crippen LogP contribution in [-0.2, 0) is 0 Å². The lowest BCUT2D eigenvalue weighted by Gasteiger charge is -2.15. The molecule has 0 fully saturated rings. The molecular weight excluding hydrogens is 242 g/mol. The summed E-state index contributed by atoms with van der Waals surface area (Å²) < 4.78 is 10.8. The van der Waals surface area contributed by atoms with E-state index in [2.05, 4.69) is 10.2 Å². The van der Waals surface area contributed by atoms with Crippen LogP contribution in [0.4, 0.5) is 0 Å². The highest BCUT2D eigenvalue weighted by Gasteiger charge is 2.16. The van der Waals surface area contributed by atoms with Gasteiger partial charge >= 0.3 is 0 Å². The van der Waals surface area contributed by atoms with Gasteiger partial charge in [-0.15, -0.1) is 0 Å². The van der Waals surface area contributed by atoms with Crippen molar-refractivity contribution in [1.82, 2.24) is 10.2 Å². The monoisotopic (exact) mass is 257 g/mol. The summed E-state index contributed by atoms with van der Waals surface area (Å²) in [6.45, 7) is 3.95. The molecule has 0 aliphatic heterocycles. The molecule has 5 heteroatoms. The second-order valence-electron chi connectivity index (χ2n) is 4.19. The number of hydrogen-bond acceptors (Lipinski definition) is 4. The van der Waals surface area contributed by atoms with Gasteiger partial charge in [-0.05, 0) is 31.0 Å². The Morgan fingerprint density at radius 2 is 1.89 bits per heavy atom. The third-order valence-corrected chi connectivity index (χ3v) is 3.20. The molecule has 0 aliphatic carbocycles. The third kappa shape index (κ3) is 2.13. The zero-order chi connectivity index (χ0) is 14.0. The standard InChI is InChI=1S/C14H15N3O2/c1-8-9(2)14(19-4)11(6-13(8)18-3)12-5-10(7-15)16-17-12/h5-6H,1-4H3,(H,16,17). The second kappa shape index (κ2) is 5.02. The number of H-pyrrole nitrogens is 1. The molecule has 2 aromatic rings. The van der Waals surface area contributed by atoms with Gasteiger partial charge in [0.15, 0.2) is 5.69 Å². The highest BCUT2D eigenvalue weighted by molar-refractivity contribution is 5.73. The zero-order valence-corrected chi connectivity index (χ0v) is 11.4. The number of nitriles is 1. The second-order valence-corrected chi connectivity index (χ2v) is 4.19. The number of nitrogens with zero attached hydrogens (tertiary/aromatic N) is 2. The van der Waals surface area contributed by atoms with Gasteiger partial charge in [0.2, 0.25) is 0 Å². The maximum Gasteiger partial charge on any atom is 0.162 e. The van der Waals surface area contributed by atoms with E-state index in [0.717, 1.165) is 33.9 Å². The largest absolute Gasteiger partial charge is 0.496 e. The van der Waals surface area contributed by atoms with Crippen LogP contribution in [0, 0.1) is 25.2 Å². The summed E-state index contributed by atoms with van der Waals surface area (Å²) in [6.07, 6.45) is 0. The van der Waals surface area contributed by atoms with E-state index in [1.807, 2.05) is 26.0 Å². The van der Waals surface area contributed by atoms with Crippen LogP contribution in [0.3, 0.4) is 0 Å².